The van der Waals surface area contributed by atoms with E-state index in [0.29, 0.717) is 22.2 Å². The molecule has 0 nitrogen and oxygen atoms in total. The van der Waals surface area contributed by atoms with Crippen molar-refractivity contribution in [3.63, 3.8) is 0 Å². The van der Waals surface area contributed by atoms with Gasteiger partial charge in [-0.05, 0) is 48.5 Å². The highest BCUT2D eigenvalue weighted by Gasteiger charge is 2.41. The summed E-state index contributed by atoms with van der Waals surface area (Å²) in [5.74, 6) is 5.84. The molecule has 18 heavy (non-hydrogen) atoms. The molecule has 0 heterocycles. The molecule has 100 valence electrons. The van der Waals surface area contributed by atoms with E-state index in [1.54, 1.807) is 0 Å². The van der Waals surface area contributed by atoms with Crippen LogP contribution >= 0.6 is 31.9 Å². The van der Waals surface area contributed by atoms with Crippen molar-refractivity contribution in [1.29, 1.82) is 0 Å². The maximum absolute atomic E-state index is 5.48. The zero-order chi connectivity index (χ0) is 14.5. The van der Waals surface area contributed by atoms with Crippen LogP contribution in [-0.4, -0.2) is 8.07 Å². The van der Waals surface area contributed by atoms with Crippen LogP contribution in [0.3, 0.4) is 0 Å². The Morgan fingerprint density at radius 2 is 1.33 bits per heavy atom. The Kier molecular flexibility index (Phi) is 7.60. The highest BCUT2D eigenvalue weighted by atomic mass is 79.9. The van der Waals surface area contributed by atoms with E-state index in [4.69, 9.17) is 6.42 Å². The van der Waals surface area contributed by atoms with Gasteiger partial charge in [-0.1, -0.05) is 53.4 Å². The molecular formula is C15H22Br2Si. The molecule has 0 radical (unpaired) electrons. The Labute approximate surface area is 130 Å². The maximum Gasteiger partial charge on any atom is 0.146 e. The molecule has 0 amide bonds. The second-order valence-electron chi connectivity index (χ2n) is 5.43. The Morgan fingerprint density at radius 3 is 1.56 bits per heavy atom. The van der Waals surface area contributed by atoms with E-state index in [9.17, 15) is 0 Å². The van der Waals surface area contributed by atoms with Gasteiger partial charge in [0.15, 0.2) is 0 Å². The second kappa shape index (κ2) is 7.58. The molecule has 0 aromatic rings. The zero-order valence-electron chi connectivity index (χ0n) is 12.1. The highest BCUT2D eigenvalue weighted by Crippen LogP contribution is 2.40. The average Bonchev–Trinajstić information content (AvgIpc) is 2.22. The Bertz CT molecular complexity index is 388. The summed E-state index contributed by atoms with van der Waals surface area (Å²) in [6.07, 6.45) is 5.48. The van der Waals surface area contributed by atoms with E-state index in [1.165, 1.54) is 0 Å². The predicted molar refractivity (Wildman–Crippen MR) is 92.5 cm³/mol. The molecule has 0 aliphatic heterocycles. The van der Waals surface area contributed by atoms with Crippen molar-refractivity contribution in [3.05, 3.63) is 8.96 Å². The average molecular weight is 390 g/mol. The van der Waals surface area contributed by atoms with Crippen molar-refractivity contribution in [2.24, 2.45) is 0 Å². The van der Waals surface area contributed by atoms with Crippen LogP contribution in [0.5, 0.6) is 0 Å². The van der Waals surface area contributed by atoms with Gasteiger partial charge in [0, 0.05) is 0 Å². The van der Waals surface area contributed by atoms with Crippen LogP contribution < -0.4 is 0 Å². The molecule has 0 spiro atoms. The van der Waals surface area contributed by atoms with Gasteiger partial charge in [-0.3, -0.25) is 0 Å². The second-order valence-corrected chi connectivity index (χ2v) is 13.7. The van der Waals surface area contributed by atoms with E-state index in [1.807, 2.05) is 0 Å². The third kappa shape index (κ3) is 4.02. The van der Waals surface area contributed by atoms with Crippen molar-refractivity contribution >= 4 is 39.9 Å². The summed E-state index contributed by atoms with van der Waals surface area (Å²) in [6.45, 7) is 13.8. The number of hydrogen-bond acceptors (Lipinski definition) is 0. The fraction of sp³-hybridized carbons (Fsp3) is 0.600. The monoisotopic (exact) mass is 388 g/mol. The SMILES string of the molecule is C#CC(C#C[Si](C(C)C)(C(C)C)C(C)C)=C(Br)Br. The van der Waals surface area contributed by atoms with E-state index >= 15 is 0 Å². The molecule has 0 saturated carbocycles. The summed E-state index contributed by atoms with van der Waals surface area (Å²) in [5.41, 5.74) is 6.16. The molecule has 3 heteroatoms. The molecular weight excluding hydrogens is 368 g/mol. The number of terminal acetylenes is 1. The van der Waals surface area contributed by atoms with Crippen LogP contribution in [0, 0.1) is 23.8 Å². The Hall–Kier alpha value is 0.0369. The lowest BCUT2D eigenvalue weighted by Crippen LogP contribution is -2.43. The zero-order valence-corrected chi connectivity index (χ0v) is 16.2. The normalized spacial score (nSPS) is 11.2. The third-order valence-electron chi connectivity index (χ3n) is 3.60. The molecule has 0 aromatic heterocycles. The predicted octanol–water partition coefficient (Wildman–Crippen LogP) is 5.84. The summed E-state index contributed by atoms with van der Waals surface area (Å²) >= 11 is 6.69. The molecule has 0 unspecified atom stereocenters. The lowest BCUT2D eigenvalue weighted by atomic mass is 10.3. The minimum atomic E-state index is -1.68. The van der Waals surface area contributed by atoms with E-state index in [2.05, 4.69) is 90.8 Å². The fourth-order valence-electron chi connectivity index (χ4n) is 2.74. The molecule has 0 N–H and O–H groups in total. The van der Waals surface area contributed by atoms with Gasteiger partial charge in [0.25, 0.3) is 0 Å². The highest BCUT2D eigenvalue weighted by molar-refractivity contribution is 9.28. The van der Waals surface area contributed by atoms with Gasteiger partial charge in [-0.25, -0.2) is 0 Å². The minimum absolute atomic E-state index is 0.623. The van der Waals surface area contributed by atoms with Crippen LogP contribution in [0.1, 0.15) is 41.5 Å². The summed E-state index contributed by atoms with van der Waals surface area (Å²) in [4.78, 5) is 0. The quantitative estimate of drug-likeness (QED) is 0.419. The standard InChI is InChI=1S/C15H22Br2Si/c1-8-14(15(16)17)9-10-18(11(2)3,12(4)5)13(6)7/h1,11-13H,2-7H3. The van der Waals surface area contributed by atoms with Crippen LogP contribution in [0.4, 0.5) is 0 Å². The van der Waals surface area contributed by atoms with Crippen molar-refractivity contribution in [2.45, 2.75) is 58.2 Å². The fourth-order valence-corrected chi connectivity index (χ4v) is 8.38. The number of allylic oxidation sites excluding steroid dienone is 1. The molecule has 0 atom stereocenters. The summed E-state index contributed by atoms with van der Waals surface area (Å²) < 4.78 is 0.768. The first-order valence-corrected chi connectivity index (χ1v) is 10.1. The van der Waals surface area contributed by atoms with E-state index in [0.717, 1.165) is 3.39 Å². The number of hydrogen-bond donors (Lipinski definition) is 0. The molecule has 0 fully saturated rings. The summed E-state index contributed by atoms with van der Waals surface area (Å²) in [7, 11) is -1.68. The van der Waals surface area contributed by atoms with Crippen LogP contribution in [-0.2, 0) is 0 Å². The van der Waals surface area contributed by atoms with Gasteiger partial charge >= 0.3 is 0 Å². The van der Waals surface area contributed by atoms with E-state index < -0.39 is 8.07 Å². The van der Waals surface area contributed by atoms with Gasteiger partial charge in [-0.15, -0.1) is 12.0 Å². The van der Waals surface area contributed by atoms with Gasteiger partial charge in [0.2, 0.25) is 0 Å². The molecule has 0 saturated heterocycles. The first-order valence-electron chi connectivity index (χ1n) is 6.25. The van der Waals surface area contributed by atoms with Gasteiger partial charge in [0.1, 0.15) is 8.07 Å². The van der Waals surface area contributed by atoms with Crippen molar-refractivity contribution in [1.82, 2.24) is 0 Å². The van der Waals surface area contributed by atoms with Crippen molar-refractivity contribution in [2.75, 3.05) is 0 Å². The Balaban J connectivity index is 5.76. The minimum Gasteiger partial charge on any atom is -0.124 e. The molecule has 0 aromatic carbocycles. The smallest absolute Gasteiger partial charge is 0.124 e. The van der Waals surface area contributed by atoms with E-state index in [-0.39, 0.29) is 0 Å². The summed E-state index contributed by atoms with van der Waals surface area (Å²) in [6, 6.07) is 0. The molecule has 0 aliphatic rings. The first kappa shape index (κ1) is 18.0. The van der Waals surface area contributed by atoms with Crippen molar-refractivity contribution in [3.8, 4) is 23.8 Å². The van der Waals surface area contributed by atoms with Crippen molar-refractivity contribution < 1.29 is 0 Å². The molecule has 0 bridgehead atoms. The van der Waals surface area contributed by atoms with Crippen LogP contribution in [0.25, 0.3) is 0 Å². The third-order valence-corrected chi connectivity index (χ3v) is 10.7. The van der Waals surface area contributed by atoms with Gasteiger partial charge in [0.05, 0.1) is 8.96 Å². The van der Waals surface area contributed by atoms with Crippen LogP contribution in [0.15, 0.2) is 8.96 Å². The Morgan fingerprint density at radius 1 is 0.944 bits per heavy atom. The number of rotatable bonds is 3. The number of halogens is 2. The largest absolute Gasteiger partial charge is 0.146 e. The lowest BCUT2D eigenvalue weighted by molar-refractivity contribution is 0.838. The lowest BCUT2D eigenvalue weighted by Gasteiger charge is -2.38. The maximum atomic E-state index is 5.48. The molecule has 0 aliphatic carbocycles. The topological polar surface area (TPSA) is 0 Å². The van der Waals surface area contributed by atoms with Gasteiger partial charge in [-0.2, -0.15) is 0 Å². The van der Waals surface area contributed by atoms with Crippen LogP contribution in [0.2, 0.25) is 16.6 Å². The summed E-state index contributed by atoms with van der Waals surface area (Å²) in [5, 5.41) is 0. The van der Waals surface area contributed by atoms with Gasteiger partial charge < -0.3 is 0 Å². The molecule has 0 rings (SSSR count). The first-order chi connectivity index (χ1) is 8.20.